The SMILES string of the molecule is CSC1CCCN(CC2CC(C)CCC2=O)CC1. The Hall–Kier alpha value is -0.0200. The molecule has 0 bridgehead atoms. The Kier molecular flexibility index (Phi) is 5.56. The van der Waals surface area contributed by atoms with Crippen molar-refractivity contribution in [2.24, 2.45) is 11.8 Å². The number of hydrogen-bond acceptors (Lipinski definition) is 3. The van der Waals surface area contributed by atoms with E-state index < -0.39 is 0 Å². The van der Waals surface area contributed by atoms with E-state index in [-0.39, 0.29) is 0 Å². The normalized spacial score (nSPS) is 35.4. The third-order valence-electron chi connectivity index (χ3n) is 4.61. The number of nitrogens with zero attached hydrogens (tertiary/aromatic N) is 1. The van der Waals surface area contributed by atoms with Gasteiger partial charge in [0.25, 0.3) is 0 Å². The van der Waals surface area contributed by atoms with E-state index in [2.05, 4.69) is 18.1 Å². The van der Waals surface area contributed by atoms with E-state index in [4.69, 9.17) is 0 Å². The van der Waals surface area contributed by atoms with Crippen LogP contribution >= 0.6 is 11.8 Å². The highest BCUT2D eigenvalue weighted by Gasteiger charge is 2.28. The lowest BCUT2D eigenvalue weighted by Crippen LogP contribution is -2.37. The Balaban J connectivity index is 1.83. The number of carbonyl (C=O) groups excluding carboxylic acids is 1. The average molecular weight is 269 g/mol. The lowest BCUT2D eigenvalue weighted by Gasteiger charge is -2.30. The molecule has 2 nitrogen and oxygen atoms in total. The summed E-state index contributed by atoms with van der Waals surface area (Å²) in [4.78, 5) is 14.5. The smallest absolute Gasteiger partial charge is 0.137 e. The summed E-state index contributed by atoms with van der Waals surface area (Å²) in [6, 6.07) is 0. The Morgan fingerprint density at radius 2 is 2.11 bits per heavy atom. The first-order chi connectivity index (χ1) is 8.69. The van der Waals surface area contributed by atoms with Crippen LogP contribution in [0.2, 0.25) is 0 Å². The molecule has 1 heterocycles. The van der Waals surface area contributed by atoms with Crippen molar-refractivity contribution in [2.45, 2.75) is 50.7 Å². The summed E-state index contributed by atoms with van der Waals surface area (Å²) in [5, 5.41) is 0.844. The lowest BCUT2D eigenvalue weighted by molar-refractivity contribution is -0.126. The molecule has 2 aliphatic rings. The monoisotopic (exact) mass is 269 g/mol. The summed E-state index contributed by atoms with van der Waals surface area (Å²) < 4.78 is 0. The van der Waals surface area contributed by atoms with E-state index in [1.54, 1.807) is 0 Å². The molecular weight excluding hydrogens is 242 g/mol. The molecule has 0 spiro atoms. The molecule has 104 valence electrons. The predicted octanol–water partition coefficient (Wildman–Crippen LogP) is 3.21. The number of likely N-dealkylation sites (tertiary alicyclic amines) is 1. The highest BCUT2D eigenvalue weighted by Crippen LogP contribution is 2.28. The quantitative estimate of drug-likeness (QED) is 0.784. The van der Waals surface area contributed by atoms with E-state index >= 15 is 0 Å². The molecule has 0 aromatic heterocycles. The lowest BCUT2D eigenvalue weighted by atomic mass is 9.81. The van der Waals surface area contributed by atoms with Gasteiger partial charge in [0.05, 0.1) is 0 Å². The predicted molar refractivity (Wildman–Crippen MR) is 79.1 cm³/mol. The van der Waals surface area contributed by atoms with Crippen molar-refractivity contribution >= 4 is 17.5 Å². The standard InChI is InChI=1S/C15H27NOS/c1-12-5-6-15(17)13(10-12)11-16-8-3-4-14(18-2)7-9-16/h12-14H,3-11H2,1-2H3. The van der Waals surface area contributed by atoms with Gasteiger partial charge in [-0.15, -0.1) is 0 Å². The number of ketones is 1. The minimum atomic E-state index is 0.333. The van der Waals surface area contributed by atoms with Crippen molar-refractivity contribution in [1.29, 1.82) is 0 Å². The highest BCUT2D eigenvalue weighted by atomic mass is 32.2. The van der Waals surface area contributed by atoms with Crippen LogP contribution in [0.4, 0.5) is 0 Å². The first-order valence-electron chi connectivity index (χ1n) is 7.47. The largest absolute Gasteiger partial charge is 0.303 e. The first-order valence-corrected chi connectivity index (χ1v) is 8.75. The van der Waals surface area contributed by atoms with Crippen LogP contribution in [0.25, 0.3) is 0 Å². The number of carbonyl (C=O) groups is 1. The van der Waals surface area contributed by atoms with Crippen LogP contribution in [-0.4, -0.2) is 41.8 Å². The number of rotatable bonds is 3. The molecule has 0 radical (unpaired) electrons. The first kappa shape index (κ1) is 14.4. The molecule has 3 heteroatoms. The van der Waals surface area contributed by atoms with Crippen molar-refractivity contribution < 1.29 is 4.79 Å². The molecule has 0 N–H and O–H groups in total. The van der Waals surface area contributed by atoms with Gasteiger partial charge in [-0.2, -0.15) is 11.8 Å². The zero-order valence-corrected chi connectivity index (χ0v) is 12.7. The summed E-state index contributed by atoms with van der Waals surface area (Å²) in [5.41, 5.74) is 0. The van der Waals surface area contributed by atoms with E-state index in [9.17, 15) is 4.79 Å². The van der Waals surface area contributed by atoms with Crippen molar-refractivity contribution in [2.75, 3.05) is 25.9 Å². The van der Waals surface area contributed by atoms with E-state index in [1.165, 1.54) is 32.4 Å². The van der Waals surface area contributed by atoms with Gasteiger partial charge in [-0.3, -0.25) is 4.79 Å². The van der Waals surface area contributed by atoms with Crippen molar-refractivity contribution in [3.63, 3.8) is 0 Å². The van der Waals surface area contributed by atoms with E-state index in [1.807, 2.05) is 11.8 Å². The van der Waals surface area contributed by atoms with Gasteiger partial charge in [-0.05, 0) is 57.4 Å². The van der Waals surface area contributed by atoms with Gasteiger partial charge in [-0.1, -0.05) is 6.92 Å². The molecular formula is C15H27NOS. The van der Waals surface area contributed by atoms with Gasteiger partial charge in [0, 0.05) is 24.1 Å². The Labute approximate surface area is 116 Å². The molecule has 0 amide bonds. The molecule has 1 aliphatic heterocycles. The fraction of sp³-hybridized carbons (Fsp3) is 0.933. The van der Waals surface area contributed by atoms with Gasteiger partial charge in [0.1, 0.15) is 5.78 Å². The Morgan fingerprint density at radius 3 is 2.89 bits per heavy atom. The third-order valence-corrected chi connectivity index (χ3v) is 5.74. The zero-order valence-electron chi connectivity index (χ0n) is 11.9. The van der Waals surface area contributed by atoms with Crippen molar-refractivity contribution in [3.05, 3.63) is 0 Å². The van der Waals surface area contributed by atoms with Crippen LogP contribution in [0, 0.1) is 11.8 Å². The number of Topliss-reactive ketones (excluding diaryl/α,β-unsaturated/α-hetero) is 1. The van der Waals surface area contributed by atoms with Gasteiger partial charge in [0.2, 0.25) is 0 Å². The second kappa shape index (κ2) is 6.95. The topological polar surface area (TPSA) is 20.3 Å². The fourth-order valence-corrected chi connectivity index (χ4v) is 4.10. The zero-order chi connectivity index (χ0) is 13.0. The molecule has 1 saturated heterocycles. The second-order valence-corrected chi connectivity index (χ2v) is 7.27. The highest BCUT2D eigenvalue weighted by molar-refractivity contribution is 7.99. The third kappa shape index (κ3) is 3.99. The number of hydrogen-bond donors (Lipinski definition) is 0. The molecule has 0 aromatic rings. The summed E-state index contributed by atoms with van der Waals surface area (Å²) in [6.07, 6.45) is 9.26. The molecule has 18 heavy (non-hydrogen) atoms. The van der Waals surface area contributed by atoms with Crippen molar-refractivity contribution in [1.82, 2.24) is 4.90 Å². The molecule has 3 atom stereocenters. The van der Waals surface area contributed by atoms with Crippen LogP contribution in [0.1, 0.15) is 45.4 Å². The minimum Gasteiger partial charge on any atom is -0.303 e. The summed E-state index contributed by atoms with van der Waals surface area (Å²) in [5.74, 6) is 1.61. The van der Waals surface area contributed by atoms with Crippen LogP contribution in [-0.2, 0) is 4.79 Å². The molecule has 1 saturated carbocycles. The van der Waals surface area contributed by atoms with Crippen LogP contribution in [0.15, 0.2) is 0 Å². The molecule has 2 rings (SSSR count). The maximum Gasteiger partial charge on any atom is 0.137 e. The fourth-order valence-electron chi connectivity index (χ4n) is 3.36. The van der Waals surface area contributed by atoms with E-state index in [0.717, 1.165) is 37.0 Å². The van der Waals surface area contributed by atoms with Crippen molar-refractivity contribution in [3.8, 4) is 0 Å². The molecule has 2 fully saturated rings. The molecule has 0 aromatic carbocycles. The van der Waals surface area contributed by atoms with Gasteiger partial charge < -0.3 is 4.90 Å². The average Bonchev–Trinajstić information content (AvgIpc) is 2.59. The molecule has 3 unspecified atom stereocenters. The van der Waals surface area contributed by atoms with Gasteiger partial charge >= 0.3 is 0 Å². The van der Waals surface area contributed by atoms with Crippen LogP contribution in [0.5, 0.6) is 0 Å². The maximum absolute atomic E-state index is 12.0. The Morgan fingerprint density at radius 1 is 1.28 bits per heavy atom. The van der Waals surface area contributed by atoms with Crippen LogP contribution < -0.4 is 0 Å². The molecule has 1 aliphatic carbocycles. The van der Waals surface area contributed by atoms with Crippen LogP contribution in [0.3, 0.4) is 0 Å². The summed E-state index contributed by atoms with van der Waals surface area (Å²) in [6.45, 7) is 5.73. The van der Waals surface area contributed by atoms with Gasteiger partial charge in [-0.25, -0.2) is 0 Å². The van der Waals surface area contributed by atoms with E-state index in [0.29, 0.717) is 11.7 Å². The number of thioether (sulfide) groups is 1. The summed E-state index contributed by atoms with van der Waals surface area (Å²) >= 11 is 2.01. The minimum absolute atomic E-state index is 0.333. The van der Waals surface area contributed by atoms with Gasteiger partial charge in [0.15, 0.2) is 0 Å². The maximum atomic E-state index is 12.0. The second-order valence-electron chi connectivity index (χ2n) is 6.13. The summed E-state index contributed by atoms with van der Waals surface area (Å²) in [7, 11) is 0. The Bertz CT molecular complexity index is 282.